The van der Waals surface area contributed by atoms with E-state index in [1.165, 1.54) is 43.2 Å². The van der Waals surface area contributed by atoms with E-state index in [0.29, 0.717) is 12.6 Å². The number of aliphatic hydroxyl groups excluding tert-OH is 2. The van der Waals surface area contributed by atoms with Crippen molar-refractivity contribution in [1.29, 1.82) is 5.26 Å². The number of hydrogen-bond acceptors (Lipinski definition) is 4. The second-order valence-corrected chi connectivity index (χ2v) is 6.99. The van der Waals surface area contributed by atoms with Gasteiger partial charge in [0, 0.05) is 39.3 Å². The van der Waals surface area contributed by atoms with Crippen molar-refractivity contribution in [2.45, 2.75) is 57.6 Å². The minimum absolute atomic E-state index is 0. The van der Waals surface area contributed by atoms with E-state index in [4.69, 9.17) is 20.8 Å². The van der Waals surface area contributed by atoms with Crippen molar-refractivity contribution in [2.75, 3.05) is 19.8 Å². The molecule has 1 fully saturated rings. The van der Waals surface area contributed by atoms with E-state index in [1.807, 2.05) is 6.07 Å². The average Bonchev–Trinajstić information content (AvgIpc) is 2.66. The molecule has 0 bridgehead atoms. The molecule has 0 saturated heterocycles. The molecule has 1 saturated carbocycles. The van der Waals surface area contributed by atoms with Gasteiger partial charge in [-0.2, -0.15) is 5.26 Å². The summed E-state index contributed by atoms with van der Waals surface area (Å²) >= 11 is 0. The van der Waals surface area contributed by atoms with Crippen LogP contribution in [0.2, 0.25) is 0 Å². The maximum Gasteiger partial charge on any atom is 0.0991 e. The van der Waals surface area contributed by atoms with Crippen LogP contribution in [-0.2, 0) is 39.1 Å². The summed E-state index contributed by atoms with van der Waals surface area (Å²) in [5, 5.41) is 33.0. The fourth-order valence-corrected chi connectivity index (χ4v) is 3.73. The summed E-state index contributed by atoms with van der Waals surface area (Å²) in [7, 11) is 0. The van der Waals surface area contributed by atoms with Crippen LogP contribution in [0.5, 0.6) is 0 Å². The first-order valence-corrected chi connectivity index (χ1v) is 9.35. The normalized spacial score (nSPS) is 20.6. The smallest absolute Gasteiger partial charge is 0.0991 e. The van der Waals surface area contributed by atoms with Crippen molar-refractivity contribution in [3.8, 4) is 6.07 Å². The van der Waals surface area contributed by atoms with Crippen LogP contribution >= 0.6 is 0 Å². The molecule has 26 heavy (non-hydrogen) atoms. The van der Waals surface area contributed by atoms with E-state index >= 15 is 0 Å². The van der Waals surface area contributed by atoms with Gasteiger partial charge in [0.15, 0.2) is 0 Å². The summed E-state index contributed by atoms with van der Waals surface area (Å²) in [6.45, 7) is 2.98. The Labute approximate surface area is 182 Å². The van der Waals surface area contributed by atoms with Crippen LogP contribution in [0, 0.1) is 17.2 Å². The molecular weight excluding hydrogens is 403 g/mol. The Balaban J connectivity index is 0.000000366. The van der Waals surface area contributed by atoms with Crippen LogP contribution in [-0.4, -0.2) is 36.1 Å². The summed E-state index contributed by atoms with van der Waals surface area (Å²) in [5.74, 6) is 0.741. The summed E-state index contributed by atoms with van der Waals surface area (Å²) in [6.07, 6.45) is 7.41. The molecule has 2 aliphatic rings. The predicted octanol–water partition coefficient (Wildman–Crippen LogP) is 3.01. The molecule has 1 aliphatic heterocycles. The molecule has 0 spiro atoms. The molecule has 6 heteroatoms. The number of nitrogens with zero attached hydrogens (tertiary/aromatic N) is 2. The molecular formula is C20H30N3O2Y-. The number of benzene rings is 1. The van der Waals surface area contributed by atoms with Crippen molar-refractivity contribution in [1.82, 2.24) is 5.32 Å². The third-order valence-electron chi connectivity index (χ3n) is 4.95. The van der Waals surface area contributed by atoms with E-state index in [1.54, 1.807) is 6.92 Å². The van der Waals surface area contributed by atoms with Crippen LogP contribution < -0.4 is 5.32 Å². The summed E-state index contributed by atoms with van der Waals surface area (Å²) < 4.78 is 0. The number of fused-ring (bicyclic) bond motifs is 1. The van der Waals surface area contributed by atoms with Gasteiger partial charge in [-0.3, -0.25) is 5.32 Å². The van der Waals surface area contributed by atoms with Gasteiger partial charge in [-0.05, 0) is 31.0 Å². The van der Waals surface area contributed by atoms with E-state index < -0.39 is 0 Å². The molecule has 141 valence electrons. The topological polar surface area (TPSA) is 90.4 Å². The largest absolute Gasteiger partial charge is 0.655 e. The first-order chi connectivity index (χ1) is 12.2. The molecule has 2 unspecified atom stereocenters. The summed E-state index contributed by atoms with van der Waals surface area (Å²) in [4.78, 5) is 0. The quantitative estimate of drug-likeness (QED) is 0.637. The van der Waals surface area contributed by atoms with Gasteiger partial charge < -0.3 is 15.5 Å². The molecule has 5 nitrogen and oxygen atoms in total. The first kappa shape index (κ1) is 23.7. The van der Waals surface area contributed by atoms with E-state index in [0.717, 1.165) is 24.4 Å². The fourth-order valence-electron chi connectivity index (χ4n) is 3.73. The maximum atomic E-state index is 8.98. The minimum atomic E-state index is -0.368. The monoisotopic (exact) mass is 433 g/mol. The first-order valence-electron chi connectivity index (χ1n) is 9.35. The standard InChI is InChI=1S/C16H19N2.C4H11NO2.Y/c17-11-12-6-7-15-14(10-12)8-9-18-16(15)13-4-2-1-3-5-13;1-4(7)2-5-3-6;/h6-7,10,13,16H,1-5,8-9H2;4-7H,2-3H2,1H3;/q-1;;. The zero-order valence-electron chi connectivity index (χ0n) is 15.7. The van der Waals surface area contributed by atoms with Gasteiger partial charge in [-0.1, -0.05) is 49.7 Å². The van der Waals surface area contributed by atoms with Gasteiger partial charge >= 0.3 is 0 Å². The Hall–Kier alpha value is -0.346. The molecule has 3 rings (SSSR count). The van der Waals surface area contributed by atoms with Crippen molar-refractivity contribution in [3.63, 3.8) is 0 Å². The van der Waals surface area contributed by atoms with Gasteiger partial charge in [-0.25, -0.2) is 0 Å². The van der Waals surface area contributed by atoms with Gasteiger partial charge in [0.2, 0.25) is 0 Å². The van der Waals surface area contributed by atoms with Gasteiger partial charge in [-0.15, -0.1) is 12.6 Å². The van der Waals surface area contributed by atoms with Crippen molar-refractivity contribution < 1.29 is 42.9 Å². The van der Waals surface area contributed by atoms with Gasteiger partial charge in [0.05, 0.1) is 24.5 Å². The number of nitrogens with one attached hydrogen (secondary N) is 1. The number of nitriles is 1. The molecule has 1 aromatic carbocycles. The molecule has 0 aromatic heterocycles. The fraction of sp³-hybridized carbons (Fsp3) is 0.650. The second kappa shape index (κ2) is 12.9. The minimum Gasteiger partial charge on any atom is -0.655 e. The molecule has 1 heterocycles. The van der Waals surface area contributed by atoms with Crippen molar-refractivity contribution >= 4 is 0 Å². The van der Waals surface area contributed by atoms with Crippen LogP contribution in [0.15, 0.2) is 18.2 Å². The van der Waals surface area contributed by atoms with Gasteiger partial charge in [0.25, 0.3) is 0 Å². The summed E-state index contributed by atoms with van der Waals surface area (Å²) in [5.41, 5.74) is 3.55. The SMILES string of the molecule is CC(O)CNCO.N#Cc1ccc2c(c1)CC[N-]C2C1CCCCC1.[Y]. The number of hydrogen-bond donors (Lipinski definition) is 3. The Morgan fingerprint density at radius 2 is 2.04 bits per heavy atom. The van der Waals surface area contributed by atoms with E-state index in [9.17, 15) is 0 Å². The maximum absolute atomic E-state index is 8.98. The molecule has 0 amide bonds. The molecule has 3 N–H and O–H groups in total. The van der Waals surface area contributed by atoms with E-state index in [2.05, 4.69) is 23.5 Å². The van der Waals surface area contributed by atoms with E-state index in [-0.39, 0.29) is 45.5 Å². The van der Waals surface area contributed by atoms with Crippen LogP contribution in [0.1, 0.15) is 61.8 Å². The van der Waals surface area contributed by atoms with Gasteiger partial charge in [0.1, 0.15) is 0 Å². The molecule has 1 radical (unpaired) electrons. The van der Waals surface area contributed by atoms with Crippen LogP contribution in [0.3, 0.4) is 0 Å². The second-order valence-electron chi connectivity index (χ2n) is 6.99. The number of rotatable bonds is 4. The zero-order chi connectivity index (χ0) is 18.1. The van der Waals surface area contributed by atoms with Crippen molar-refractivity contribution in [2.24, 2.45) is 5.92 Å². The Kier molecular flexibility index (Phi) is 11.8. The Bertz CT molecular complexity index is 569. The zero-order valence-corrected chi connectivity index (χ0v) is 18.5. The number of aliphatic hydroxyl groups is 2. The molecule has 1 aliphatic carbocycles. The Morgan fingerprint density at radius 1 is 1.31 bits per heavy atom. The predicted molar refractivity (Wildman–Crippen MR) is 99.2 cm³/mol. The molecule has 1 aromatic rings. The Morgan fingerprint density at radius 3 is 2.62 bits per heavy atom. The van der Waals surface area contributed by atoms with Crippen LogP contribution in [0.25, 0.3) is 5.32 Å². The third kappa shape index (κ3) is 7.34. The average molecular weight is 433 g/mol. The van der Waals surface area contributed by atoms with Crippen LogP contribution in [0.4, 0.5) is 0 Å². The third-order valence-corrected chi connectivity index (χ3v) is 4.95. The summed E-state index contributed by atoms with van der Waals surface area (Å²) in [6, 6.07) is 8.82. The van der Waals surface area contributed by atoms with Crippen molar-refractivity contribution in [3.05, 3.63) is 40.2 Å². The molecule has 2 atom stereocenters.